The van der Waals surface area contributed by atoms with E-state index in [2.05, 4.69) is 5.32 Å². The lowest BCUT2D eigenvalue weighted by atomic mass is 10.1. The molecule has 6 heteroatoms. The van der Waals surface area contributed by atoms with E-state index >= 15 is 0 Å². The molecule has 4 rings (SSSR count). The van der Waals surface area contributed by atoms with Gasteiger partial charge in [0.15, 0.2) is 0 Å². The summed E-state index contributed by atoms with van der Waals surface area (Å²) in [5.41, 5.74) is 2.23. The number of urea groups is 1. The first kappa shape index (κ1) is 13.9. The Balaban J connectivity index is 1.44. The second kappa shape index (κ2) is 5.16. The first-order valence-corrected chi connectivity index (χ1v) is 8.13. The Morgan fingerprint density at radius 1 is 1.27 bits per heavy atom. The molecule has 2 fully saturated rings. The number of rotatable bonds is 2. The third-order valence-corrected chi connectivity index (χ3v) is 5.11. The zero-order valence-corrected chi connectivity index (χ0v) is 13.0. The van der Waals surface area contributed by atoms with E-state index in [-0.39, 0.29) is 24.5 Å². The Morgan fingerprint density at radius 3 is 2.86 bits per heavy atom. The smallest absolute Gasteiger partial charge is 0.319 e. The van der Waals surface area contributed by atoms with E-state index < -0.39 is 0 Å². The Morgan fingerprint density at radius 2 is 2.09 bits per heavy atom. The molecule has 0 aromatic heterocycles. The number of fused-ring (bicyclic) bond motifs is 1. The number of halogens is 1. The average molecular weight is 320 g/mol. The third-order valence-electron chi connectivity index (χ3n) is 4.76. The molecular weight excluding hydrogens is 302 g/mol. The molecule has 1 aliphatic heterocycles. The van der Waals surface area contributed by atoms with Crippen molar-refractivity contribution in [3.8, 4) is 0 Å². The van der Waals surface area contributed by atoms with Crippen LogP contribution < -0.4 is 5.32 Å². The van der Waals surface area contributed by atoms with Gasteiger partial charge in [-0.05, 0) is 42.9 Å². The summed E-state index contributed by atoms with van der Waals surface area (Å²) >= 11 is 6.20. The lowest BCUT2D eigenvalue weighted by Gasteiger charge is -2.21. The molecule has 1 saturated heterocycles. The van der Waals surface area contributed by atoms with Gasteiger partial charge in [-0.1, -0.05) is 23.7 Å². The zero-order chi connectivity index (χ0) is 15.3. The van der Waals surface area contributed by atoms with Crippen LogP contribution in [0.5, 0.6) is 0 Å². The number of nitrogens with one attached hydrogen (secondary N) is 1. The van der Waals surface area contributed by atoms with Gasteiger partial charge in [-0.15, -0.1) is 0 Å². The van der Waals surface area contributed by atoms with Gasteiger partial charge in [0, 0.05) is 11.1 Å². The molecule has 3 aliphatic rings. The van der Waals surface area contributed by atoms with Crippen LogP contribution in [0.15, 0.2) is 18.2 Å². The maximum absolute atomic E-state index is 12.4. The summed E-state index contributed by atoms with van der Waals surface area (Å²) in [5, 5.41) is 3.82. The quantitative estimate of drug-likeness (QED) is 0.909. The molecule has 0 radical (unpaired) electrons. The summed E-state index contributed by atoms with van der Waals surface area (Å²) in [7, 11) is 0. The van der Waals surface area contributed by atoms with Gasteiger partial charge in [0.05, 0.1) is 12.7 Å². The highest BCUT2D eigenvalue weighted by molar-refractivity contribution is 6.31. The van der Waals surface area contributed by atoms with Gasteiger partial charge in [-0.3, -0.25) is 9.69 Å². The van der Waals surface area contributed by atoms with E-state index in [0.717, 1.165) is 41.8 Å². The van der Waals surface area contributed by atoms with Crippen molar-refractivity contribution in [2.24, 2.45) is 0 Å². The van der Waals surface area contributed by atoms with E-state index in [1.54, 1.807) is 4.90 Å². The van der Waals surface area contributed by atoms with Crippen LogP contribution in [0.1, 0.15) is 36.4 Å². The fourth-order valence-electron chi connectivity index (χ4n) is 3.41. The van der Waals surface area contributed by atoms with Crippen molar-refractivity contribution < 1.29 is 9.59 Å². The normalized spacial score (nSPS) is 23.9. The molecule has 1 heterocycles. The highest BCUT2D eigenvalue weighted by atomic mass is 35.5. The van der Waals surface area contributed by atoms with Crippen molar-refractivity contribution in [2.45, 2.75) is 37.8 Å². The van der Waals surface area contributed by atoms with Crippen LogP contribution in [-0.2, 0) is 11.2 Å². The van der Waals surface area contributed by atoms with Crippen molar-refractivity contribution in [1.29, 1.82) is 0 Å². The highest BCUT2D eigenvalue weighted by Gasteiger charge is 2.40. The Bertz CT molecular complexity index is 644. The van der Waals surface area contributed by atoms with E-state index in [4.69, 9.17) is 11.6 Å². The number of hydrogen-bond acceptors (Lipinski definition) is 2. The van der Waals surface area contributed by atoms with Crippen LogP contribution in [0.4, 0.5) is 4.79 Å². The van der Waals surface area contributed by atoms with E-state index in [1.807, 2.05) is 23.1 Å². The number of amides is 3. The summed E-state index contributed by atoms with van der Waals surface area (Å²) in [6.07, 6.45) is 3.87. The number of nitrogens with zero attached hydrogens (tertiary/aromatic N) is 2. The number of carbonyl (C=O) groups is 2. The maximum Gasteiger partial charge on any atom is 0.319 e. The van der Waals surface area contributed by atoms with Crippen molar-refractivity contribution >= 4 is 23.5 Å². The molecule has 1 atom stereocenters. The molecule has 22 heavy (non-hydrogen) atoms. The predicted molar refractivity (Wildman–Crippen MR) is 82.5 cm³/mol. The summed E-state index contributed by atoms with van der Waals surface area (Å²) in [6, 6.07) is 6.01. The van der Waals surface area contributed by atoms with E-state index in [1.165, 1.54) is 0 Å². The maximum atomic E-state index is 12.4. The monoisotopic (exact) mass is 319 g/mol. The molecule has 116 valence electrons. The molecule has 1 aromatic carbocycles. The van der Waals surface area contributed by atoms with Gasteiger partial charge in [0.2, 0.25) is 5.91 Å². The van der Waals surface area contributed by atoms with Crippen LogP contribution in [0, 0.1) is 0 Å². The van der Waals surface area contributed by atoms with Crippen molar-refractivity contribution in [3.63, 3.8) is 0 Å². The van der Waals surface area contributed by atoms with Crippen LogP contribution in [0.3, 0.4) is 0 Å². The minimum absolute atomic E-state index is 0.00808. The fourth-order valence-corrected chi connectivity index (χ4v) is 3.68. The molecule has 0 unspecified atom stereocenters. The van der Waals surface area contributed by atoms with Gasteiger partial charge >= 0.3 is 6.03 Å². The number of carbonyl (C=O) groups excluding carboxylic acids is 2. The zero-order valence-electron chi connectivity index (χ0n) is 12.2. The molecule has 0 bridgehead atoms. The average Bonchev–Trinajstić information content (AvgIpc) is 3.14. The molecular formula is C16H18ClN3O2. The van der Waals surface area contributed by atoms with Gasteiger partial charge in [-0.2, -0.15) is 0 Å². The molecule has 3 amide bonds. The van der Waals surface area contributed by atoms with Crippen LogP contribution in [0.25, 0.3) is 0 Å². The Hall–Kier alpha value is -1.75. The Kier molecular flexibility index (Phi) is 3.26. The minimum atomic E-state index is -0.158. The number of hydrogen-bond donors (Lipinski definition) is 1. The van der Waals surface area contributed by atoms with Crippen LogP contribution >= 0.6 is 11.6 Å². The SMILES string of the molecule is O=C(N[C@@H]1CCc2c(Cl)cccc21)N1CC(=O)N(C2CC2)C1. The first-order valence-electron chi connectivity index (χ1n) is 7.75. The van der Waals surface area contributed by atoms with E-state index in [0.29, 0.717) is 12.7 Å². The molecule has 1 aromatic rings. The van der Waals surface area contributed by atoms with Gasteiger partial charge in [0.1, 0.15) is 6.54 Å². The molecule has 5 nitrogen and oxygen atoms in total. The van der Waals surface area contributed by atoms with Crippen LogP contribution in [-0.4, -0.2) is 41.0 Å². The first-order chi connectivity index (χ1) is 10.6. The Labute approximate surface area is 134 Å². The molecule has 2 aliphatic carbocycles. The van der Waals surface area contributed by atoms with Gasteiger partial charge in [-0.25, -0.2) is 4.79 Å². The van der Waals surface area contributed by atoms with Gasteiger partial charge < -0.3 is 10.2 Å². The summed E-state index contributed by atoms with van der Waals surface area (Å²) in [6.45, 7) is 0.613. The highest BCUT2D eigenvalue weighted by Crippen LogP contribution is 2.35. The topological polar surface area (TPSA) is 52.7 Å². The number of benzene rings is 1. The summed E-state index contributed by atoms with van der Waals surface area (Å²) in [4.78, 5) is 27.8. The molecule has 1 saturated carbocycles. The van der Waals surface area contributed by atoms with E-state index in [9.17, 15) is 9.59 Å². The summed E-state index contributed by atoms with van der Waals surface area (Å²) < 4.78 is 0. The van der Waals surface area contributed by atoms with Gasteiger partial charge in [0.25, 0.3) is 0 Å². The molecule has 1 N–H and O–H groups in total. The predicted octanol–water partition coefficient (Wildman–Crippen LogP) is 2.30. The second-order valence-corrected chi connectivity index (χ2v) is 6.69. The lowest BCUT2D eigenvalue weighted by Crippen LogP contribution is -2.41. The fraction of sp³-hybridized carbons (Fsp3) is 0.500. The van der Waals surface area contributed by atoms with Crippen molar-refractivity contribution in [2.75, 3.05) is 13.2 Å². The van der Waals surface area contributed by atoms with Crippen molar-refractivity contribution in [1.82, 2.24) is 15.1 Å². The molecule has 0 spiro atoms. The van der Waals surface area contributed by atoms with Crippen molar-refractivity contribution in [3.05, 3.63) is 34.3 Å². The minimum Gasteiger partial charge on any atom is -0.331 e. The standard InChI is InChI=1S/C16H18ClN3O2/c17-13-3-1-2-12-11(13)6-7-14(12)18-16(22)19-8-15(21)20(9-19)10-4-5-10/h1-3,10,14H,4-9H2,(H,18,22)/t14-/m1/s1. The summed E-state index contributed by atoms with van der Waals surface area (Å²) in [5.74, 6) is 0.0625. The lowest BCUT2D eigenvalue weighted by molar-refractivity contribution is -0.127. The second-order valence-electron chi connectivity index (χ2n) is 6.28. The largest absolute Gasteiger partial charge is 0.331 e. The third kappa shape index (κ3) is 2.33. The van der Waals surface area contributed by atoms with Crippen LogP contribution in [0.2, 0.25) is 5.02 Å².